The molecule has 0 aliphatic rings. The Morgan fingerprint density at radius 3 is 1.82 bits per heavy atom. The molecule has 17 heavy (non-hydrogen) atoms. The van der Waals surface area contributed by atoms with Gasteiger partial charge >= 0.3 is 17.9 Å². The van der Waals surface area contributed by atoms with Crippen LogP contribution in [-0.2, 0) is 19.1 Å². The average molecular weight is 248 g/mol. The molecule has 0 radical (unpaired) electrons. The summed E-state index contributed by atoms with van der Waals surface area (Å²) in [6.45, 7) is 1.97. The summed E-state index contributed by atoms with van der Waals surface area (Å²) in [4.78, 5) is 29.2. The maximum atomic E-state index is 10.1. The van der Waals surface area contributed by atoms with E-state index in [2.05, 4.69) is 4.74 Å². The van der Waals surface area contributed by atoms with Gasteiger partial charge in [0.25, 0.3) is 0 Å². The minimum atomic E-state index is -1.26. The quantitative estimate of drug-likeness (QED) is 0.344. The van der Waals surface area contributed by atoms with E-state index in [0.717, 1.165) is 6.42 Å². The average Bonchev–Trinajstić information content (AvgIpc) is 2.22. The number of ether oxygens (including phenoxy) is 1. The van der Waals surface area contributed by atoms with Gasteiger partial charge in [0.05, 0.1) is 6.61 Å². The Labute approximate surface area is 98.3 Å². The van der Waals surface area contributed by atoms with Crippen LogP contribution in [0.25, 0.3) is 0 Å². The van der Waals surface area contributed by atoms with E-state index in [9.17, 15) is 14.4 Å². The number of carbonyl (C=O) groups is 3. The van der Waals surface area contributed by atoms with E-state index in [1.54, 1.807) is 0 Å². The third kappa shape index (κ3) is 24.9. The molecule has 0 aromatic rings. The first-order valence-electron chi connectivity index (χ1n) is 4.78. The van der Waals surface area contributed by atoms with Gasteiger partial charge in [-0.15, -0.1) is 0 Å². The number of carboxylic acid groups (broad SMARTS) is 2. The van der Waals surface area contributed by atoms with Crippen LogP contribution in [0.2, 0.25) is 0 Å². The number of unbranched alkanes of at least 4 members (excludes halogenated alkanes) is 1. The van der Waals surface area contributed by atoms with Crippen molar-refractivity contribution in [3.63, 3.8) is 0 Å². The summed E-state index contributed by atoms with van der Waals surface area (Å²) in [6.07, 6.45) is 2.56. The lowest BCUT2D eigenvalue weighted by Crippen LogP contribution is -2.00. The lowest BCUT2D eigenvalue weighted by atomic mass is 10.3. The summed E-state index contributed by atoms with van der Waals surface area (Å²) in [6, 6.07) is 0. The molecule has 0 rings (SSSR count). The Hall–Kier alpha value is -1.89. The fourth-order valence-electron chi connectivity index (χ4n) is 0.572. The molecule has 0 fully saturated rings. The molecular formula is C10H16O7. The maximum Gasteiger partial charge on any atom is 0.328 e. The van der Waals surface area contributed by atoms with Gasteiger partial charge in [0.1, 0.15) is 0 Å². The molecular weight excluding hydrogens is 232 g/mol. The molecule has 0 heterocycles. The van der Waals surface area contributed by atoms with Crippen LogP contribution < -0.4 is 0 Å². The molecule has 0 unspecified atom stereocenters. The molecule has 0 aromatic carbocycles. The molecule has 7 nitrogen and oxygen atoms in total. The number of carbonyl (C=O) groups excluding carboxylic acids is 1. The van der Waals surface area contributed by atoms with Crippen molar-refractivity contribution in [2.45, 2.75) is 19.8 Å². The van der Waals surface area contributed by atoms with Crippen molar-refractivity contribution in [3.8, 4) is 0 Å². The van der Waals surface area contributed by atoms with E-state index >= 15 is 0 Å². The molecule has 0 saturated carbocycles. The summed E-state index contributed by atoms with van der Waals surface area (Å²) >= 11 is 0. The summed E-state index contributed by atoms with van der Waals surface area (Å²) < 4.78 is 4.59. The predicted molar refractivity (Wildman–Crippen MR) is 57.4 cm³/mol. The SMILES string of the molecule is CC(=O)OCCCCO.O=C(O)/C=C\C(=O)O. The number of aliphatic hydroxyl groups is 1. The molecule has 0 aromatic heterocycles. The predicted octanol–water partition coefficient (Wildman–Crippen LogP) is 0.0338. The first-order valence-corrected chi connectivity index (χ1v) is 4.78. The van der Waals surface area contributed by atoms with Gasteiger partial charge in [0.2, 0.25) is 0 Å². The van der Waals surface area contributed by atoms with Gasteiger partial charge < -0.3 is 20.1 Å². The van der Waals surface area contributed by atoms with Crippen LogP contribution in [0.4, 0.5) is 0 Å². The van der Waals surface area contributed by atoms with Gasteiger partial charge in [-0.1, -0.05) is 0 Å². The highest BCUT2D eigenvalue weighted by molar-refractivity contribution is 5.89. The molecule has 98 valence electrons. The third-order valence-electron chi connectivity index (χ3n) is 1.23. The van der Waals surface area contributed by atoms with Gasteiger partial charge in [0.15, 0.2) is 0 Å². The zero-order valence-electron chi connectivity index (χ0n) is 9.46. The highest BCUT2D eigenvalue weighted by atomic mass is 16.5. The van der Waals surface area contributed by atoms with Crippen LogP contribution in [0, 0.1) is 0 Å². The first-order chi connectivity index (χ1) is 7.90. The van der Waals surface area contributed by atoms with Crippen LogP contribution in [0.3, 0.4) is 0 Å². The number of carboxylic acids is 2. The van der Waals surface area contributed by atoms with E-state index in [-0.39, 0.29) is 12.6 Å². The van der Waals surface area contributed by atoms with Crippen molar-refractivity contribution in [2.24, 2.45) is 0 Å². The standard InChI is InChI=1S/C6H12O3.C4H4O4/c1-6(8)9-5-3-2-4-7;5-3(6)1-2-4(7)8/h7H,2-5H2,1H3;1-2H,(H,5,6)(H,7,8)/b;2-1-. The van der Waals surface area contributed by atoms with Gasteiger partial charge in [0, 0.05) is 25.7 Å². The van der Waals surface area contributed by atoms with Gasteiger partial charge in [-0.3, -0.25) is 4.79 Å². The van der Waals surface area contributed by atoms with Crippen molar-refractivity contribution in [1.29, 1.82) is 0 Å². The van der Waals surface area contributed by atoms with Crippen molar-refractivity contribution in [1.82, 2.24) is 0 Å². The summed E-state index contributed by atoms with van der Waals surface area (Å²) in [7, 11) is 0. The van der Waals surface area contributed by atoms with E-state index in [1.165, 1.54) is 6.92 Å². The maximum absolute atomic E-state index is 10.1. The minimum Gasteiger partial charge on any atom is -0.478 e. The number of aliphatic hydroxyl groups excluding tert-OH is 1. The Morgan fingerprint density at radius 1 is 1.06 bits per heavy atom. The summed E-state index contributed by atoms with van der Waals surface area (Å²) in [5.74, 6) is -2.77. The molecule has 0 aliphatic carbocycles. The van der Waals surface area contributed by atoms with Gasteiger partial charge in [-0.25, -0.2) is 9.59 Å². The molecule has 3 N–H and O–H groups in total. The second kappa shape index (κ2) is 12.2. The molecule has 0 spiro atoms. The second-order valence-corrected chi connectivity index (χ2v) is 2.78. The van der Waals surface area contributed by atoms with E-state index in [0.29, 0.717) is 25.2 Å². The topological polar surface area (TPSA) is 121 Å². The number of hydrogen-bond donors (Lipinski definition) is 3. The number of hydrogen-bond acceptors (Lipinski definition) is 5. The fourth-order valence-corrected chi connectivity index (χ4v) is 0.572. The number of rotatable bonds is 6. The minimum absolute atomic E-state index is 0.168. The monoisotopic (exact) mass is 248 g/mol. The van der Waals surface area contributed by atoms with Crippen LogP contribution in [0.1, 0.15) is 19.8 Å². The highest BCUT2D eigenvalue weighted by Gasteiger charge is 1.90. The summed E-state index contributed by atoms with van der Waals surface area (Å²) in [5.41, 5.74) is 0. The van der Waals surface area contributed by atoms with Crippen molar-refractivity contribution >= 4 is 17.9 Å². The zero-order valence-corrected chi connectivity index (χ0v) is 9.46. The van der Waals surface area contributed by atoms with Gasteiger partial charge in [-0.2, -0.15) is 0 Å². The molecule has 0 bridgehead atoms. The van der Waals surface area contributed by atoms with Crippen LogP contribution in [0.15, 0.2) is 12.2 Å². The van der Waals surface area contributed by atoms with E-state index in [4.69, 9.17) is 15.3 Å². The Kier molecular flexibility index (Phi) is 12.5. The van der Waals surface area contributed by atoms with Crippen LogP contribution in [-0.4, -0.2) is 46.4 Å². The molecule has 0 atom stereocenters. The zero-order chi connectivity index (χ0) is 13.7. The normalized spacial score (nSPS) is 9.29. The number of aliphatic carboxylic acids is 2. The smallest absolute Gasteiger partial charge is 0.328 e. The lowest BCUT2D eigenvalue weighted by molar-refractivity contribution is -0.141. The third-order valence-corrected chi connectivity index (χ3v) is 1.23. The summed E-state index contributed by atoms with van der Waals surface area (Å²) in [5, 5.41) is 23.9. The van der Waals surface area contributed by atoms with E-state index in [1.807, 2.05) is 0 Å². The Balaban J connectivity index is 0. The van der Waals surface area contributed by atoms with Crippen molar-refractivity contribution in [3.05, 3.63) is 12.2 Å². The van der Waals surface area contributed by atoms with Crippen molar-refractivity contribution in [2.75, 3.05) is 13.2 Å². The van der Waals surface area contributed by atoms with Crippen LogP contribution >= 0.6 is 0 Å². The van der Waals surface area contributed by atoms with Crippen LogP contribution in [0.5, 0.6) is 0 Å². The second-order valence-electron chi connectivity index (χ2n) is 2.78. The first kappa shape index (κ1) is 17.5. The van der Waals surface area contributed by atoms with Crippen molar-refractivity contribution < 1.29 is 34.4 Å². The van der Waals surface area contributed by atoms with Gasteiger partial charge in [-0.05, 0) is 12.8 Å². The Morgan fingerprint density at radius 2 is 1.53 bits per heavy atom. The highest BCUT2D eigenvalue weighted by Crippen LogP contribution is 1.87. The molecule has 7 heteroatoms. The molecule has 0 aliphatic heterocycles. The lowest BCUT2D eigenvalue weighted by Gasteiger charge is -1.97. The molecule has 0 amide bonds. The van der Waals surface area contributed by atoms with E-state index < -0.39 is 11.9 Å². The number of esters is 1. The Bertz CT molecular complexity index is 254. The molecule has 0 saturated heterocycles. The largest absolute Gasteiger partial charge is 0.478 e. The fraction of sp³-hybridized carbons (Fsp3) is 0.500.